The van der Waals surface area contributed by atoms with Gasteiger partial charge in [-0.05, 0) is 37.1 Å². The van der Waals surface area contributed by atoms with E-state index in [-0.39, 0.29) is 17.5 Å². The van der Waals surface area contributed by atoms with Crippen molar-refractivity contribution in [3.8, 4) is 0 Å². The van der Waals surface area contributed by atoms with E-state index < -0.39 is 11.1 Å². The molecular weight excluding hydrogens is 262 g/mol. The predicted molar refractivity (Wildman–Crippen MR) is 75.2 cm³/mol. The zero-order chi connectivity index (χ0) is 13.7. The number of hydrogen-bond donors (Lipinski definition) is 2. The molecule has 0 radical (unpaired) electrons. The van der Waals surface area contributed by atoms with Gasteiger partial charge in [-0.1, -0.05) is 24.3 Å². The number of carbonyl (C=O) groups excluding carboxylic acids is 1. The van der Waals surface area contributed by atoms with Gasteiger partial charge in [-0.25, -0.2) is 4.21 Å². The number of piperidine rings is 1. The summed E-state index contributed by atoms with van der Waals surface area (Å²) in [5.41, 5.74) is 1.68. The van der Waals surface area contributed by atoms with Crippen molar-refractivity contribution in [2.24, 2.45) is 5.92 Å². The molecule has 0 saturated carbocycles. The first-order valence-electron chi connectivity index (χ1n) is 6.54. The smallest absolute Gasteiger partial charge is 0.157 e. The molecular formula is C14H19NO3S. The third-order valence-corrected chi connectivity index (χ3v) is 4.11. The van der Waals surface area contributed by atoms with E-state index in [1.165, 1.54) is 0 Å². The van der Waals surface area contributed by atoms with E-state index >= 15 is 0 Å². The second-order valence-corrected chi connectivity index (χ2v) is 5.83. The van der Waals surface area contributed by atoms with Gasteiger partial charge >= 0.3 is 0 Å². The molecule has 4 nitrogen and oxygen atoms in total. The molecule has 2 N–H and O–H groups in total. The van der Waals surface area contributed by atoms with Gasteiger partial charge in [0, 0.05) is 12.3 Å². The zero-order valence-corrected chi connectivity index (χ0v) is 11.6. The number of nitrogens with one attached hydrogen (secondary N) is 1. The molecule has 1 aliphatic heterocycles. The highest BCUT2D eigenvalue weighted by molar-refractivity contribution is 7.78. The molecule has 104 valence electrons. The Morgan fingerprint density at radius 1 is 1.26 bits per heavy atom. The predicted octanol–water partition coefficient (Wildman–Crippen LogP) is 1.52. The first-order chi connectivity index (χ1) is 9.16. The van der Waals surface area contributed by atoms with Gasteiger partial charge in [0.2, 0.25) is 0 Å². The van der Waals surface area contributed by atoms with Crippen LogP contribution in [-0.2, 0) is 28.0 Å². The minimum Gasteiger partial charge on any atom is -0.317 e. The normalized spacial score (nSPS) is 18.2. The van der Waals surface area contributed by atoms with Crippen LogP contribution in [0, 0.1) is 5.92 Å². The van der Waals surface area contributed by atoms with Gasteiger partial charge in [0.15, 0.2) is 11.1 Å². The summed E-state index contributed by atoms with van der Waals surface area (Å²) >= 11 is -1.87. The minimum absolute atomic E-state index is 0.0929. The van der Waals surface area contributed by atoms with Crippen LogP contribution in [0.25, 0.3) is 0 Å². The summed E-state index contributed by atoms with van der Waals surface area (Å²) in [6, 6.07) is 7.40. The van der Waals surface area contributed by atoms with E-state index in [0.29, 0.717) is 6.42 Å². The lowest BCUT2D eigenvalue weighted by atomic mass is 9.89. The second kappa shape index (κ2) is 6.93. The summed E-state index contributed by atoms with van der Waals surface area (Å²) in [5, 5.41) is 3.25. The van der Waals surface area contributed by atoms with E-state index in [4.69, 9.17) is 4.55 Å². The highest BCUT2D eigenvalue weighted by Crippen LogP contribution is 2.18. The topological polar surface area (TPSA) is 66.4 Å². The third kappa shape index (κ3) is 4.23. The fourth-order valence-electron chi connectivity index (χ4n) is 2.48. The van der Waals surface area contributed by atoms with Crippen LogP contribution < -0.4 is 5.32 Å². The van der Waals surface area contributed by atoms with Gasteiger partial charge in [0.1, 0.15) is 5.78 Å². The Morgan fingerprint density at radius 2 is 1.89 bits per heavy atom. The summed E-state index contributed by atoms with van der Waals surface area (Å²) in [7, 11) is 0. The molecule has 1 aromatic rings. The average molecular weight is 281 g/mol. The molecule has 0 aliphatic carbocycles. The summed E-state index contributed by atoms with van der Waals surface area (Å²) in [5.74, 6) is 0.474. The van der Waals surface area contributed by atoms with Crippen LogP contribution in [-0.4, -0.2) is 27.6 Å². The highest BCUT2D eigenvalue weighted by Gasteiger charge is 2.21. The molecule has 5 heteroatoms. The van der Waals surface area contributed by atoms with Gasteiger partial charge in [-0.15, -0.1) is 0 Å². The highest BCUT2D eigenvalue weighted by atomic mass is 32.2. The van der Waals surface area contributed by atoms with Crippen molar-refractivity contribution < 1.29 is 13.6 Å². The number of benzene rings is 1. The number of carbonyl (C=O) groups is 1. The fourth-order valence-corrected chi connectivity index (χ4v) is 3.03. The lowest BCUT2D eigenvalue weighted by molar-refractivity contribution is -0.122. The maximum Gasteiger partial charge on any atom is 0.157 e. The maximum atomic E-state index is 12.2. The molecule has 2 rings (SSSR count). The zero-order valence-electron chi connectivity index (χ0n) is 10.8. The monoisotopic (exact) mass is 281 g/mol. The Balaban J connectivity index is 2.05. The molecule has 1 saturated heterocycles. The maximum absolute atomic E-state index is 12.2. The van der Waals surface area contributed by atoms with Crippen molar-refractivity contribution in [3.05, 3.63) is 35.4 Å². The lowest BCUT2D eigenvalue weighted by Crippen LogP contribution is -2.32. The average Bonchev–Trinajstić information content (AvgIpc) is 2.41. The summed E-state index contributed by atoms with van der Waals surface area (Å²) < 4.78 is 19.9. The second-order valence-electron chi connectivity index (χ2n) is 4.90. The van der Waals surface area contributed by atoms with Crippen molar-refractivity contribution in [1.82, 2.24) is 5.32 Å². The van der Waals surface area contributed by atoms with Crippen LogP contribution >= 0.6 is 0 Å². The third-order valence-electron chi connectivity index (χ3n) is 3.56. The molecule has 0 amide bonds. The first-order valence-corrected chi connectivity index (χ1v) is 7.82. The van der Waals surface area contributed by atoms with Crippen LogP contribution in [0.5, 0.6) is 0 Å². The molecule has 0 aromatic heterocycles. The van der Waals surface area contributed by atoms with E-state index in [9.17, 15) is 9.00 Å². The van der Waals surface area contributed by atoms with Crippen molar-refractivity contribution in [1.29, 1.82) is 0 Å². The minimum atomic E-state index is -1.87. The number of hydrogen-bond acceptors (Lipinski definition) is 3. The van der Waals surface area contributed by atoms with E-state index in [2.05, 4.69) is 5.32 Å². The molecule has 1 aromatic carbocycles. The fraction of sp³-hybridized carbons (Fsp3) is 0.500. The largest absolute Gasteiger partial charge is 0.317 e. The van der Waals surface area contributed by atoms with Crippen LogP contribution in [0.1, 0.15) is 24.0 Å². The summed E-state index contributed by atoms with van der Waals surface area (Å²) in [6.07, 6.45) is 2.16. The quantitative estimate of drug-likeness (QED) is 0.803. The van der Waals surface area contributed by atoms with Gasteiger partial charge in [0.25, 0.3) is 0 Å². The standard InChI is InChI=1S/C14H19NO3S/c16-14(11-5-7-15-8-6-11)9-12-3-1-2-4-13(12)10-19(17)18/h1-4,11,15H,5-10H2,(H,17,18). The van der Waals surface area contributed by atoms with Gasteiger partial charge in [-0.3, -0.25) is 4.79 Å². The summed E-state index contributed by atoms with van der Waals surface area (Å²) in [4.78, 5) is 12.2. The molecule has 1 heterocycles. The van der Waals surface area contributed by atoms with Crippen molar-refractivity contribution in [2.75, 3.05) is 13.1 Å². The SMILES string of the molecule is O=C(Cc1ccccc1CS(=O)O)C1CCNCC1. The number of rotatable bonds is 5. The Hall–Kier alpha value is -1.04. The Kier molecular flexibility index (Phi) is 5.24. The molecule has 1 fully saturated rings. The van der Waals surface area contributed by atoms with E-state index in [1.54, 1.807) is 0 Å². The Bertz CT molecular complexity index is 470. The molecule has 0 bridgehead atoms. The molecule has 0 spiro atoms. The van der Waals surface area contributed by atoms with Crippen LogP contribution in [0.2, 0.25) is 0 Å². The van der Waals surface area contributed by atoms with E-state index in [1.807, 2.05) is 24.3 Å². The lowest BCUT2D eigenvalue weighted by Gasteiger charge is -2.21. The number of ketones is 1. The molecule has 19 heavy (non-hydrogen) atoms. The van der Waals surface area contributed by atoms with Crippen LogP contribution in [0.15, 0.2) is 24.3 Å². The van der Waals surface area contributed by atoms with Crippen molar-refractivity contribution >= 4 is 16.9 Å². The Labute approximate surface area is 115 Å². The molecule has 1 unspecified atom stereocenters. The number of Topliss-reactive ketones (excluding diaryl/α,β-unsaturated/α-hetero) is 1. The van der Waals surface area contributed by atoms with Crippen LogP contribution in [0.4, 0.5) is 0 Å². The van der Waals surface area contributed by atoms with Crippen molar-refractivity contribution in [3.63, 3.8) is 0 Å². The van der Waals surface area contributed by atoms with E-state index in [0.717, 1.165) is 37.1 Å². The molecule has 1 atom stereocenters. The van der Waals surface area contributed by atoms with Gasteiger partial charge < -0.3 is 9.87 Å². The molecule has 1 aliphatic rings. The summed E-state index contributed by atoms with van der Waals surface area (Å²) in [6.45, 7) is 1.80. The van der Waals surface area contributed by atoms with Gasteiger partial charge in [-0.2, -0.15) is 0 Å². The Morgan fingerprint density at radius 3 is 2.53 bits per heavy atom. The first kappa shape index (κ1) is 14.4. The van der Waals surface area contributed by atoms with Gasteiger partial charge in [0.05, 0.1) is 5.75 Å². The van der Waals surface area contributed by atoms with Crippen molar-refractivity contribution in [2.45, 2.75) is 25.0 Å². The van der Waals surface area contributed by atoms with Crippen LogP contribution in [0.3, 0.4) is 0 Å².